The number of para-hydroxylation sites is 1. The molecule has 8 heteroatoms. The molecule has 1 aromatic heterocycles. The predicted octanol–water partition coefficient (Wildman–Crippen LogP) is 5.81. The lowest BCUT2D eigenvalue weighted by Gasteiger charge is -2.35. The van der Waals surface area contributed by atoms with Crippen LogP contribution in [0.2, 0.25) is 0 Å². The zero-order valence-corrected chi connectivity index (χ0v) is 18.6. The molecule has 1 aromatic carbocycles. The highest BCUT2D eigenvalue weighted by Crippen LogP contribution is 2.44. The molecule has 5 nitrogen and oxygen atoms in total. The van der Waals surface area contributed by atoms with E-state index in [0.717, 1.165) is 0 Å². The van der Waals surface area contributed by atoms with Gasteiger partial charge >= 0.3 is 12.3 Å². The second-order valence-corrected chi connectivity index (χ2v) is 9.04. The Labute approximate surface area is 181 Å². The molecule has 31 heavy (non-hydrogen) atoms. The third-order valence-corrected chi connectivity index (χ3v) is 5.48. The molecule has 0 spiro atoms. The first-order chi connectivity index (χ1) is 14.5. The molecule has 1 aliphatic heterocycles. The highest BCUT2D eigenvalue weighted by Gasteiger charge is 2.42. The Bertz CT molecular complexity index is 915. The van der Waals surface area contributed by atoms with E-state index in [4.69, 9.17) is 9.47 Å². The van der Waals surface area contributed by atoms with Gasteiger partial charge in [-0.05, 0) is 46.1 Å². The van der Waals surface area contributed by atoms with Crippen molar-refractivity contribution in [2.24, 2.45) is 0 Å². The molecular formula is C23H31F3N2O3. The summed E-state index contributed by atoms with van der Waals surface area (Å²) in [5.41, 5.74) is -0.416. The first kappa shape index (κ1) is 23.4. The Morgan fingerprint density at radius 3 is 2.55 bits per heavy atom. The fourth-order valence-corrected chi connectivity index (χ4v) is 4.35. The van der Waals surface area contributed by atoms with Crippen LogP contribution in [-0.2, 0) is 22.2 Å². The number of aryl methyl sites for hydroxylation is 1. The number of hydrogen-bond acceptors (Lipinski definition) is 3. The molecule has 3 rings (SSSR count). The summed E-state index contributed by atoms with van der Waals surface area (Å²) in [5, 5.41) is 0.205. The van der Waals surface area contributed by atoms with E-state index in [2.05, 4.69) is 0 Å². The van der Waals surface area contributed by atoms with Gasteiger partial charge in [0.15, 0.2) is 0 Å². The molecule has 1 fully saturated rings. The summed E-state index contributed by atoms with van der Waals surface area (Å²) >= 11 is 0. The van der Waals surface area contributed by atoms with Crippen molar-refractivity contribution in [3.63, 3.8) is 0 Å². The van der Waals surface area contributed by atoms with E-state index in [-0.39, 0.29) is 17.6 Å². The van der Waals surface area contributed by atoms with Gasteiger partial charge in [0, 0.05) is 55.9 Å². The standard InChI is InChI=1S/C23H31F3N2O3/c1-22(2,3)31-21(29)27-12-7-9-16(15-27)20-19(23(24,25)26)17-10-5-6-11-18(17)28(20)13-8-14-30-4/h5-6,10-11,16H,7-9,12-15H2,1-4H3. The summed E-state index contributed by atoms with van der Waals surface area (Å²) in [6.07, 6.45) is -3.16. The first-order valence-electron chi connectivity index (χ1n) is 10.7. The van der Waals surface area contributed by atoms with Gasteiger partial charge in [-0.3, -0.25) is 0 Å². The van der Waals surface area contributed by atoms with Crippen molar-refractivity contribution < 1.29 is 27.4 Å². The number of hydrogen-bond donors (Lipinski definition) is 0. The van der Waals surface area contributed by atoms with Crippen molar-refractivity contribution in [2.75, 3.05) is 26.8 Å². The van der Waals surface area contributed by atoms with Crippen LogP contribution in [0.1, 0.15) is 57.2 Å². The predicted molar refractivity (Wildman–Crippen MR) is 113 cm³/mol. The molecular weight excluding hydrogens is 409 g/mol. The largest absolute Gasteiger partial charge is 0.444 e. The van der Waals surface area contributed by atoms with Gasteiger partial charge in [-0.15, -0.1) is 0 Å². The molecule has 1 atom stereocenters. The lowest BCUT2D eigenvalue weighted by atomic mass is 9.91. The van der Waals surface area contributed by atoms with Gasteiger partial charge in [0.2, 0.25) is 0 Å². The minimum atomic E-state index is -4.49. The number of amides is 1. The molecule has 0 aliphatic carbocycles. The van der Waals surface area contributed by atoms with Gasteiger partial charge in [-0.25, -0.2) is 4.79 Å². The average molecular weight is 441 g/mol. The molecule has 172 valence electrons. The number of nitrogens with zero attached hydrogens (tertiary/aromatic N) is 2. The van der Waals surface area contributed by atoms with Gasteiger partial charge < -0.3 is 18.9 Å². The summed E-state index contributed by atoms with van der Waals surface area (Å²) in [7, 11) is 1.58. The van der Waals surface area contributed by atoms with Crippen molar-refractivity contribution in [2.45, 2.75) is 64.3 Å². The Morgan fingerprint density at radius 1 is 1.19 bits per heavy atom. The monoisotopic (exact) mass is 440 g/mol. The number of piperidine rings is 1. The molecule has 1 saturated heterocycles. The normalized spacial score (nSPS) is 17.9. The van der Waals surface area contributed by atoms with Gasteiger partial charge in [0.25, 0.3) is 0 Å². The first-order valence-corrected chi connectivity index (χ1v) is 10.7. The van der Waals surface area contributed by atoms with Crippen molar-refractivity contribution >= 4 is 17.0 Å². The molecule has 2 heterocycles. The van der Waals surface area contributed by atoms with E-state index < -0.39 is 29.4 Å². The Kier molecular flexibility index (Phi) is 6.88. The van der Waals surface area contributed by atoms with Crippen molar-refractivity contribution in [3.05, 3.63) is 35.5 Å². The molecule has 0 bridgehead atoms. The van der Waals surface area contributed by atoms with Crippen LogP contribution in [0.25, 0.3) is 10.9 Å². The number of halogens is 3. The van der Waals surface area contributed by atoms with E-state index in [1.54, 1.807) is 50.6 Å². The maximum Gasteiger partial charge on any atom is 0.418 e. The zero-order chi connectivity index (χ0) is 22.8. The quantitative estimate of drug-likeness (QED) is 0.551. The van der Waals surface area contributed by atoms with Crippen molar-refractivity contribution in [1.29, 1.82) is 0 Å². The second kappa shape index (κ2) is 9.10. The summed E-state index contributed by atoms with van der Waals surface area (Å²) in [6.45, 7) is 6.91. The lowest BCUT2D eigenvalue weighted by molar-refractivity contribution is -0.137. The van der Waals surface area contributed by atoms with E-state index in [1.165, 1.54) is 11.0 Å². The van der Waals surface area contributed by atoms with Crippen LogP contribution < -0.4 is 0 Å². The SMILES string of the molecule is COCCCn1c(C2CCCN(C(=O)OC(C)(C)C)C2)c(C(F)(F)F)c2ccccc21. The number of methoxy groups -OCH3 is 1. The van der Waals surface area contributed by atoms with E-state index in [1.807, 2.05) is 0 Å². The summed E-state index contributed by atoms with van der Waals surface area (Å²) in [4.78, 5) is 14.1. The molecule has 1 unspecified atom stereocenters. The highest BCUT2D eigenvalue weighted by molar-refractivity contribution is 5.86. The minimum Gasteiger partial charge on any atom is -0.444 e. The number of carbonyl (C=O) groups is 1. The number of likely N-dealkylation sites (tertiary alicyclic amines) is 1. The van der Waals surface area contributed by atoms with Crippen molar-refractivity contribution in [1.82, 2.24) is 9.47 Å². The molecule has 0 N–H and O–H groups in total. The van der Waals surface area contributed by atoms with Gasteiger partial charge in [-0.2, -0.15) is 13.2 Å². The average Bonchev–Trinajstić information content (AvgIpc) is 3.02. The zero-order valence-electron chi connectivity index (χ0n) is 18.6. The van der Waals surface area contributed by atoms with E-state index in [0.29, 0.717) is 44.5 Å². The number of fused-ring (bicyclic) bond motifs is 1. The molecule has 0 radical (unpaired) electrons. The topological polar surface area (TPSA) is 43.7 Å². The summed E-state index contributed by atoms with van der Waals surface area (Å²) in [5.74, 6) is -0.423. The summed E-state index contributed by atoms with van der Waals surface area (Å²) in [6, 6.07) is 6.65. The Morgan fingerprint density at radius 2 is 1.90 bits per heavy atom. The molecule has 1 amide bonds. The van der Waals surface area contributed by atoms with Gasteiger partial charge in [0.1, 0.15) is 5.60 Å². The maximum absolute atomic E-state index is 14.3. The lowest BCUT2D eigenvalue weighted by Crippen LogP contribution is -2.42. The van der Waals surface area contributed by atoms with E-state index >= 15 is 0 Å². The van der Waals surface area contributed by atoms with E-state index in [9.17, 15) is 18.0 Å². The number of benzene rings is 1. The third kappa shape index (κ3) is 5.34. The molecule has 0 saturated carbocycles. The number of ether oxygens (including phenoxy) is 2. The van der Waals surface area contributed by atoms with Crippen LogP contribution in [-0.4, -0.2) is 48.0 Å². The Balaban J connectivity index is 2.04. The number of alkyl halides is 3. The molecule has 2 aromatic rings. The van der Waals surface area contributed by atoms with Crippen LogP contribution in [0.4, 0.5) is 18.0 Å². The number of rotatable bonds is 5. The van der Waals surface area contributed by atoms with Gasteiger partial charge in [0.05, 0.1) is 5.56 Å². The number of carbonyl (C=O) groups excluding carboxylic acids is 1. The third-order valence-electron chi connectivity index (χ3n) is 5.48. The fourth-order valence-electron chi connectivity index (χ4n) is 4.35. The van der Waals surface area contributed by atoms with Crippen LogP contribution >= 0.6 is 0 Å². The van der Waals surface area contributed by atoms with Crippen molar-refractivity contribution in [3.8, 4) is 0 Å². The molecule has 1 aliphatic rings. The smallest absolute Gasteiger partial charge is 0.418 e. The summed E-state index contributed by atoms with van der Waals surface area (Å²) < 4.78 is 55.2. The minimum absolute atomic E-state index is 0.205. The van der Waals surface area contributed by atoms with Crippen LogP contribution in [0.3, 0.4) is 0 Å². The van der Waals surface area contributed by atoms with Crippen LogP contribution in [0, 0.1) is 0 Å². The highest BCUT2D eigenvalue weighted by atomic mass is 19.4. The maximum atomic E-state index is 14.3. The number of aromatic nitrogens is 1. The Hall–Kier alpha value is -2.22. The van der Waals surface area contributed by atoms with Crippen LogP contribution in [0.15, 0.2) is 24.3 Å². The fraction of sp³-hybridized carbons (Fsp3) is 0.609. The van der Waals surface area contributed by atoms with Crippen LogP contribution in [0.5, 0.6) is 0 Å². The van der Waals surface area contributed by atoms with Gasteiger partial charge in [-0.1, -0.05) is 18.2 Å². The second-order valence-electron chi connectivity index (χ2n) is 9.04.